The number of rotatable bonds is 49. The second kappa shape index (κ2) is 47.2. The van der Waals surface area contributed by atoms with E-state index in [9.17, 15) is 136 Å². The summed E-state index contributed by atoms with van der Waals surface area (Å²) >= 11 is 0. The van der Waals surface area contributed by atoms with Crippen LogP contribution >= 0.6 is 8.17 Å². The van der Waals surface area contributed by atoms with E-state index in [-0.39, 0.29) is 87.3 Å². The Balaban J connectivity index is 1.37. The molecule has 45 nitrogen and oxygen atoms in total. The molecule has 2 saturated heterocycles. The van der Waals surface area contributed by atoms with E-state index < -0.39 is 270 Å². The summed E-state index contributed by atoms with van der Waals surface area (Å²) in [5.41, 5.74) is 10.4. The van der Waals surface area contributed by atoms with Gasteiger partial charge in [0, 0.05) is 45.2 Å². The largest absolute Gasteiger partial charge is 0.613 e. The van der Waals surface area contributed by atoms with E-state index >= 15 is 0 Å². The number of carbonyl (C=O) groups is 19. The highest BCUT2D eigenvalue weighted by Crippen LogP contribution is 2.46. The van der Waals surface area contributed by atoms with Gasteiger partial charge in [-0.1, -0.05) is 76.9 Å². The van der Waals surface area contributed by atoms with Gasteiger partial charge in [-0.3, -0.25) is 95.6 Å². The quantitative estimate of drug-likeness (QED) is 0.0234. The third kappa shape index (κ3) is 32.8. The fourth-order valence-corrected chi connectivity index (χ4v) is 13.4. The molecule has 0 spiro atoms. The molecule has 5 rings (SSSR count). The number of primary amides is 1. The number of hydrogen-bond donors (Lipinski definition) is 23. The molecule has 0 saturated carbocycles. The van der Waals surface area contributed by atoms with Crippen LogP contribution in [-0.4, -0.2) is 271 Å². The second-order valence-electron chi connectivity index (χ2n) is 29.1. The number of nitrogens with zero attached hydrogens (tertiary/aromatic N) is 2. The van der Waals surface area contributed by atoms with Crippen LogP contribution in [0.5, 0.6) is 17.2 Å². The SMILES string of the molecule is CC[C@H](C)[C@H](NC(=O)[C@H](CCC(=O)O)NC(=O)[C@@H](NC(=O)[C@H](CC(=O)O)NC(=O)CNC(=O)[C@H](Cc1ccc(O[P+](O)(O)O)cc1)NC(=O)[C@H](CC(=O)O)NC(=O)[C@H](CCC(=O)O)NC(=O)[C@@H]1CCCN1C(=O)[C@H](Cc1ccc(O)cc1)NC(=O)[C@@H]1CCCN1C(=O)[C@H](CC(N)=O)NC(=O)[C@@H]([NH3+])Cc1ccc(O)cc1)[C@@H](C)CC)C(=O)NCC(=O)O. The molecule has 0 aliphatic carbocycles. The average Bonchev–Trinajstić information content (AvgIpc) is 1.71. The molecule has 0 aromatic heterocycles. The number of phenols is 2. The Labute approximate surface area is 691 Å². The Morgan fingerprint density at radius 3 is 1.29 bits per heavy atom. The molecule has 2 heterocycles. The van der Waals surface area contributed by atoms with Gasteiger partial charge in [0.1, 0.15) is 84.5 Å². The lowest BCUT2D eigenvalue weighted by molar-refractivity contribution is -0.403. The number of quaternary nitrogens is 1. The standard InChI is InChI=1S/C75H102N15O30P/c1-5-37(3)62(72(113)79-36-61(103)104)87-67(108)47(24-26-58(97)98)82-73(114)63(38(4)6-2)88-69(110)49(33-59(99)100)80-56(94)35-78-65(106)48(30-41-15-21-44(22-16-41)120-121(117,118)119)83-68(109)50(34-60(101)102)84-66(107)46(23-25-57(95)96)81-70(111)53-9-7-27-89(53)74(115)51(31-40-13-19-43(92)20-14-40)86-71(112)54-10-8-28-90(54)75(116)52(32-55(77)93)85-64(105)45(76)29-39-11-17-42(91)18-12-39/h11-22,37-38,45-54,62-63,117-119H,5-10,23-36,76H2,1-4H3,(H19-,77,78,79,80,81,82,83,84,85,86,87,88,91,92,93,94,95,96,97,98,99,100,101,102,103,104,105,106,107,108,109,110,111,112,113,114)/p+2/t37-,38-,45-,46-,47-,48-,49-,50-,51-,52-,53-,54-,62-,63-/m0/s1. The summed E-state index contributed by atoms with van der Waals surface area (Å²) < 4.78 is 4.69. The smallest absolute Gasteiger partial charge is 0.508 e. The first kappa shape index (κ1) is 98.8. The number of hydrogen-bond acceptors (Lipinski definition) is 25. The fourth-order valence-electron chi connectivity index (χ4n) is 13.0. The number of aromatic hydroxyl groups is 2. The van der Waals surface area contributed by atoms with Crippen LogP contribution in [0, 0.1) is 11.8 Å². The van der Waals surface area contributed by atoms with Gasteiger partial charge in [0.15, 0.2) is 11.8 Å². The van der Waals surface area contributed by atoms with Crippen LogP contribution in [0.1, 0.15) is 128 Å². The summed E-state index contributed by atoms with van der Waals surface area (Å²) in [6, 6.07) is -4.35. The monoisotopic (exact) mass is 1730 g/mol. The zero-order valence-electron chi connectivity index (χ0n) is 66.4. The van der Waals surface area contributed by atoms with E-state index in [4.69, 9.17) is 10.8 Å². The van der Waals surface area contributed by atoms with Crippen LogP contribution in [0.4, 0.5) is 0 Å². The molecule has 121 heavy (non-hydrogen) atoms. The summed E-state index contributed by atoms with van der Waals surface area (Å²) in [4.78, 5) is 287. The predicted octanol–water partition coefficient (Wildman–Crippen LogP) is -5.92. The molecular formula is C75H104N15O30P+2. The van der Waals surface area contributed by atoms with E-state index in [0.717, 1.165) is 21.9 Å². The third-order valence-electron chi connectivity index (χ3n) is 19.7. The van der Waals surface area contributed by atoms with Gasteiger partial charge >= 0.3 is 38.0 Å². The minimum atomic E-state index is -4.91. The maximum atomic E-state index is 15.0. The maximum absolute atomic E-state index is 15.0. The summed E-state index contributed by atoms with van der Waals surface area (Å²) in [6.07, 6.45) is -6.56. The van der Waals surface area contributed by atoms with Gasteiger partial charge in [0.2, 0.25) is 76.8 Å². The normalized spacial score (nSPS) is 16.7. The lowest BCUT2D eigenvalue weighted by Gasteiger charge is -2.32. The topological polar surface area (TPSA) is 728 Å². The Kier molecular flexibility index (Phi) is 38.5. The van der Waals surface area contributed by atoms with Crippen molar-refractivity contribution < 1.29 is 152 Å². The molecule has 14 amide bonds. The lowest BCUT2D eigenvalue weighted by atomic mass is 9.96. The summed E-state index contributed by atoms with van der Waals surface area (Å²) in [6.45, 7) is 3.93. The van der Waals surface area contributed by atoms with E-state index in [0.29, 0.717) is 11.1 Å². The van der Waals surface area contributed by atoms with E-state index in [1.807, 2.05) is 0 Å². The molecule has 0 bridgehead atoms. The van der Waals surface area contributed by atoms with Gasteiger partial charge in [-0.2, -0.15) is 14.7 Å². The molecule has 46 heteroatoms. The number of carboxylic acids is 5. The Morgan fingerprint density at radius 1 is 0.438 bits per heavy atom. The van der Waals surface area contributed by atoms with Crippen LogP contribution < -0.4 is 74.5 Å². The number of benzene rings is 3. The molecule has 2 aliphatic rings. The van der Waals surface area contributed by atoms with Gasteiger partial charge < -0.3 is 115 Å². The Hall–Kier alpha value is -12.7. The number of aliphatic carboxylic acids is 5. The highest BCUT2D eigenvalue weighted by atomic mass is 31.2. The molecule has 3 aromatic rings. The highest BCUT2D eigenvalue weighted by Gasteiger charge is 2.45. The molecule has 0 radical (unpaired) electrons. The zero-order chi connectivity index (χ0) is 90.3. The van der Waals surface area contributed by atoms with Crippen molar-refractivity contribution in [3.05, 3.63) is 89.5 Å². The molecule has 14 atom stereocenters. The third-order valence-corrected chi connectivity index (χ3v) is 20.2. The van der Waals surface area contributed by atoms with Crippen molar-refractivity contribution in [3.63, 3.8) is 0 Å². The molecule has 26 N–H and O–H groups in total. The van der Waals surface area contributed by atoms with Crippen molar-refractivity contribution in [1.29, 1.82) is 0 Å². The van der Waals surface area contributed by atoms with Gasteiger partial charge in [-0.05, 0) is 103 Å². The first-order chi connectivity index (χ1) is 56.9. The number of phenolic OH excluding ortho intramolecular Hbond substituents is 2. The number of amides is 14. The first-order valence-electron chi connectivity index (χ1n) is 38.4. The van der Waals surface area contributed by atoms with Crippen molar-refractivity contribution in [2.45, 2.75) is 203 Å². The zero-order valence-corrected chi connectivity index (χ0v) is 67.3. The first-order valence-corrected chi connectivity index (χ1v) is 39.9. The van der Waals surface area contributed by atoms with Crippen molar-refractivity contribution in [2.24, 2.45) is 17.6 Å². The molecule has 2 fully saturated rings. The maximum Gasteiger partial charge on any atom is 0.613 e. The number of nitrogens with two attached hydrogens (primary N) is 1. The van der Waals surface area contributed by atoms with E-state index in [1.165, 1.54) is 62.4 Å². The van der Waals surface area contributed by atoms with E-state index in [1.54, 1.807) is 26.0 Å². The molecule has 2 aliphatic heterocycles. The summed E-state index contributed by atoms with van der Waals surface area (Å²) in [7, 11) is -4.91. The fraction of sp³-hybridized carbons (Fsp3) is 0.507. The predicted molar refractivity (Wildman–Crippen MR) is 416 cm³/mol. The summed E-state index contributed by atoms with van der Waals surface area (Å²) in [5.74, 6) is -25.5. The van der Waals surface area contributed by atoms with Crippen LogP contribution in [0.15, 0.2) is 72.8 Å². The number of nitrogens with one attached hydrogen (secondary N) is 11. The summed E-state index contributed by atoms with van der Waals surface area (Å²) in [5, 5.41) is 93.7. The second-order valence-corrected chi connectivity index (χ2v) is 30.3. The highest BCUT2D eigenvalue weighted by molar-refractivity contribution is 7.53. The van der Waals surface area contributed by atoms with E-state index in [2.05, 4.69) is 68.7 Å². The Morgan fingerprint density at radius 2 is 0.826 bits per heavy atom. The number of carboxylic acid groups (broad SMARTS) is 5. The van der Waals surface area contributed by atoms with Gasteiger partial charge in [-0.25, -0.2) is 0 Å². The average molecular weight is 1730 g/mol. The van der Waals surface area contributed by atoms with Crippen molar-refractivity contribution in [2.75, 3.05) is 26.2 Å². The van der Waals surface area contributed by atoms with Crippen molar-refractivity contribution in [1.82, 2.24) is 68.3 Å². The van der Waals surface area contributed by atoms with Gasteiger partial charge in [0.25, 0.3) is 5.91 Å². The minimum Gasteiger partial charge on any atom is -0.508 e. The van der Waals surface area contributed by atoms with Crippen LogP contribution in [0.3, 0.4) is 0 Å². The molecule has 3 aromatic carbocycles. The molecule has 662 valence electrons. The number of carbonyl (C=O) groups excluding carboxylic acids is 14. The van der Waals surface area contributed by atoms with Crippen LogP contribution in [0.2, 0.25) is 0 Å². The van der Waals surface area contributed by atoms with Crippen LogP contribution in [0.25, 0.3) is 0 Å². The number of likely N-dealkylation sites (tertiary alicyclic amines) is 2. The van der Waals surface area contributed by atoms with Gasteiger partial charge in [-0.15, -0.1) is 0 Å². The molecule has 0 unspecified atom stereocenters. The molecular weight excluding hydrogens is 1620 g/mol. The lowest BCUT2D eigenvalue weighted by Crippen LogP contribution is -2.70. The Bertz CT molecular complexity index is 4250. The minimum absolute atomic E-state index is 0.0101. The van der Waals surface area contributed by atoms with Crippen molar-refractivity contribution in [3.8, 4) is 17.2 Å². The van der Waals surface area contributed by atoms with Gasteiger partial charge in [0.05, 0.1) is 25.8 Å². The van der Waals surface area contributed by atoms with Crippen molar-refractivity contribution >= 4 is 121 Å². The van der Waals surface area contributed by atoms with Crippen LogP contribution in [-0.2, 0) is 110 Å².